The second kappa shape index (κ2) is 18.1. The van der Waals surface area contributed by atoms with E-state index in [4.69, 9.17) is 0 Å². The highest BCUT2D eigenvalue weighted by Crippen LogP contribution is 2.24. The molecule has 0 aliphatic carbocycles. The van der Waals surface area contributed by atoms with Gasteiger partial charge in [-0.3, -0.25) is 0 Å². The van der Waals surface area contributed by atoms with Crippen LogP contribution >= 0.6 is 0 Å². The Morgan fingerprint density at radius 3 is 1.24 bits per heavy atom. The molecule has 1 atom stereocenters. The number of rotatable bonds is 20. The Labute approximate surface area is 184 Å². The minimum absolute atomic E-state index is 0.591. The Morgan fingerprint density at radius 2 is 0.862 bits per heavy atom. The molecule has 0 aromatic rings. The molecule has 1 unspecified atom stereocenters. The zero-order chi connectivity index (χ0) is 21.2. The first-order valence-electron chi connectivity index (χ1n) is 13.4. The normalized spacial score (nSPS) is 16.5. The highest BCUT2D eigenvalue weighted by molar-refractivity contribution is 4.98. The summed E-state index contributed by atoms with van der Waals surface area (Å²) in [6, 6.07) is 0. The van der Waals surface area contributed by atoms with Crippen LogP contribution < -0.4 is 0 Å². The predicted octanol–water partition coefficient (Wildman–Crippen LogP) is 8.73. The molecule has 0 saturated carbocycles. The summed E-state index contributed by atoms with van der Waals surface area (Å²) in [7, 11) is 0. The molecule has 0 aromatic heterocycles. The van der Waals surface area contributed by atoms with Crippen LogP contribution in [0.4, 0.5) is 0 Å². The second-order valence-corrected chi connectivity index (χ2v) is 9.73. The van der Waals surface area contributed by atoms with Crippen molar-refractivity contribution >= 4 is 0 Å². The molecule has 1 heterocycles. The van der Waals surface area contributed by atoms with Crippen LogP contribution in [0.15, 0.2) is 12.4 Å². The smallest absolute Gasteiger partial charge is 0.103 e. The molecule has 2 heteroatoms. The largest absolute Gasteiger partial charge is 0.356 e. The lowest BCUT2D eigenvalue weighted by Gasteiger charge is -2.35. The topological polar surface area (TPSA) is 6.48 Å². The lowest BCUT2D eigenvalue weighted by atomic mass is 10.0. The summed E-state index contributed by atoms with van der Waals surface area (Å²) in [6.07, 6.45) is 29.5. The number of nitrogens with zero attached hydrogens (tertiary/aromatic N) is 2. The van der Waals surface area contributed by atoms with E-state index in [9.17, 15) is 0 Å². The van der Waals surface area contributed by atoms with Gasteiger partial charge in [0.05, 0.1) is 0 Å². The number of hydrogen-bond acceptors (Lipinski definition) is 2. The average molecular weight is 407 g/mol. The quantitative estimate of drug-likeness (QED) is 0.186. The van der Waals surface area contributed by atoms with Gasteiger partial charge in [0.25, 0.3) is 0 Å². The Kier molecular flexibility index (Phi) is 16.5. The Hall–Kier alpha value is -0.660. The van der Waals surface area contributed by atoms with Crippen molar-refractivity contribution in [1.82, 2.24) is 9.80 Å². The molecule has 0 N–H and O–H groups in total. The molecule has 0 spiro atoms. The zero-order valence-corrected chi connectivity index (χ0v) is 20.6. The van der Waals surface area contributed by atoms with Crippen molar-refractivity contribution in [2.24, 2.45) is 5.92 Å². The van der Waals surface area contributed by atoms with Crippen molar-refractivity contribution < 1.29 is 0 Å². The molecule has 0 aromatic carbocycles. The van der Waals surface area contributed by atoms with Gasteiger partial charge in [0.15, 0.2) is 0 Å². The van der Waals surface area contributed by atoms with Crippen LogP contribution in [0.5, 0.6) is 0 Å². The standard InChI is InChI=1S/C27H54N2/c1-5-7-9-10-11-12-13-14-15-16-17-18-19-20-21-23-29-25-24-28(22-8-6-2)27(29)26(3)4/h24-27H,5-23H2,1-4H3. The minimum Gasteiger partial charge on any atom is -0.356 e. The highest BCUT2D eigenvalue weighted by atomic mass is 15.4. The summed E-state index contributed by atoms with van der Waals surface area (Å²) < 4.78 is 0. The third-order valence-electron chi connectivity index (χ3n) is 6.52. The fourth-order valence-corrected chi connectivity index (χ4v) is 4.72. The van der Waals surface area contributed by atoms with Crippen LogP contribution in [0.2, 0.25) is 0 Å². The van der Waals surface area contributed by atoms with Gasteiger partial charge in [-0.1, -0.05) is 124 Å². The van der Waals surface area contributed by atoms with Crippen molar-refractivity contribution in [2.75, 3.05) is 13.1 Å². The van der Waals surface area contributed by atoms with Crippen LogP contribution in [0.3, 0.4) is 0 Å². The molecule has 2 nitrogen and oxygen atoms in total. The van der Waals surface area contributed by atoms with E-state index in [0.29, 0.717) is 12.1 Å². The lowest BCUT2D eigenvalue weighted by molar-refractivity contribution is 0.104. The molecule has 0 saturated heterocycles. The predicted molar refractivity (Wildman–Crippen MR) is 131 cm³/mol. The summed E-state index contributed by atoms with van der Waals surface area (Å²) in [5.41, 5.74) is 0. The summed E-state index contributed by atoms with van der Waals surface area (Å²) in [6.45, 7) is 11.8. The van der Waals surface area contributed by atoms with Gasteiger partial charge < -0.3 is 9.80 Å². The van der Waals surface area contributed by atoms with E-state index in [1.54, 1.807) is 0 Å². The third kappa shape index (κ3) is 12.6. The monoisotopic (exact) mass is 406 g/mol. The van der Waals surface area contributed by atoms with Crippen LogP contribution in [-0.2, 0) is 0 Å². The van der Waals surface area contributed by atoms with Crippen LogP contribution in [0, 0.1) is 5.92 Å². The second-order valence-electron chi connectivity index (χ2n) is 9.73. The van der Waals surface area contributed by atoms with Crippen LogP contribution in [-0.4, -0.2) is 29.1 Å². The van der Waals surface area contributed by atoms with E-state index in [1.807, 2.05) is 0 Å². The van der Waals surface area contributed by atoms with Crippen molar-refractivity contribution in [3.8, 4) is 0 Å². The first-order valence-corrected chi connectivity index (χ1v) is 13.4. The van der Waals surface area contributed by atoms with Gasteiger partial charge in [0, 0.05) is 25.5 Å². The molecule has 0 bridgehead atoms. The van der Waals surface area contributed by atoms with Gasteiger partial charge >= 0.3 is 0 Å². The van der Waals surface area contributed by atoms with E-state index in [2.05, 4.69) is 49.9 Å². The molecule has 1 rings (SSSR count). The Morgan fingerprint density at radius 1 is 0.517 bits per heavy atom. The summed E-state index contributed by atoms with van der Waals surface area (Å²) >= 11 is 0. The van der Waals surface area contributed by atoms with E-state index in [-0.39, 0.29) is 0 Å². The summed E-state index contributed by atoms with van der Waals surface area (Å²) in [5.74, 6) is 0.693. The van der Waals surface area contributed by atoms with Gasteiger partial charge in [-0.05, 0) is 18.8 Å². The van der Waals surface area contributed by atoms with Crippen LogP contribution in [0.25, 0.3) is 0 Å². The molecular weight excluding hydrogens is 352 g/mol. The van der Waals surface area contributed by atoms with E-state index in [1.165, 1.54) is 122 Å². The van der Waals surface area contributed by atoms with E-state index >= 15 is 0 Å². The molecule has 0 radical (unpaired) electrons. The maximum Gasteiger partial charge on any atom is 0.103 e. The SMILES string of the molecule is CCCCCCCCCCCCCCCCCN1C=CN(CCCC)C1C(C)C. The maximum absolute atomic E-state index is 2.60. The van der Waals surface area contributed by atoms with Crippen LogP contribution in [0.1, 0.15) is 137 Å². The zero-order valence-electron chi connectivity index (χ0n) is 20.6. The molecule has 1 aliphatic rings. The Balaban J connectivity index is 1.92. The number of hydrogen-bond donors (Lipinski definition) is 0. The van der Waals surface area contributed by atoms with Crippen molar-refractivity contribution in [3.63, 3.8) is 0 Å². The molecule has 0 fully saturated rings. The van der Waals surface area contributed by atoms with Gasteiger partial charge in [-0.25, -0.2) is 0 Å². The highest BCUT2D eigenvalue weighted by Gasteiger charge is 2.27. The van der Waals surface area contributed by atoms with Gasteiger partial charge in [0.2, 0.25) is 0 Å². The van der Waals surface area contributed by atoms with Gasteiger partial charge in [-0.2, -0.15) is 0 Å². The van der Waals surface area contributed by atoms with Gasteiger partial charge in [0.1, 0.15) is 6.17 Å². The van der Waals surface area contributed by atoms with Crippen molar-refractivity contribution in [3.05, 3.63) is 12.4 Å². The molecule has 172 valence electrons. The van der Waals surface area contributed by atoms with E-state index < -0.39 is 0 Å². The fourth-order valence-electron chi connectivity index (χ4n) is 4.72. The average Bonchev–Trinajstić information content (AvgIpc) is 3.12. The lowest BCUT2D eigenvalue weighted by Crippen LogP contribution is -2.43. The maximum atomic E-state index is 2.60. The Bertz CT molecular complexity index is 377. The summed E-state index contributed by atoms with van der Waals surface area (Å²) in [4.78, 5) is 5.17. The molecule has 0 amide bonds. The van der Waals surface area contributed by atoms with E-state index in [0.717, 1.165) is 0 Å². The molecule has 1 aliphatic heterocycles. The minimum atomic E-state index is 0.591. The summed E-state index contributed by atoms with van der Waals surface area (Å²) in [5, 5.41) is 0. The van der Waals surface area contributed by atoms with Crippen molar-refractivity contribution in [1.29, 1.82) is 0 Å². The fraction of sp³-hybridized carbons (Fsp3) is 0.926. The van der Waals surface area contributed by atoms with Gasteiger partial charge in [-0.15, -0.1) is 0 Å². The molecular formula is C27H54N2. The van der Waals surface area contributed by atoms with Crippen molar-refractivity contribution in [2.45, 2.75) is 143 Å². The first kappa shape index (κ1) is 26.4. The molecule has 29 heavy (non-hydrogen) atoms. The first-order chi connectivity index (χ1) is 14.2. The number of unbranched alkanes of at least 4 members (excludes halogenated alkanes) is 15. The third-order valence-corrected chi connectivity index (χ3v) is 6.52.